The molecular formula is C19H16N6O2. The molecule has 0 spiro atoms. The van der Waals surface area contributed by atoms with E-state index >= 15 is 0 Å². The van der Waals surface area contributed by atoms with Crippen molar-refractivity contribution in [3.05, 3.63) is 58.8 Å². The van der Waals surface area contributed by atoms with Gasteiger partial charge in [-0.2, -0.15) is 0 Å². The monoisotopic (exact) mass is 360 g/mol. The molecule has 0 aliphatic heterocycles. The molecular weight excluding hydrogens is 344 g/mol. The van der Waals surface area contributed by atoms with Crippen LogP contribution in [0.2, 0.25) is 0 Å². The van der Waals surface area contributed by atoms with Crippen molar-refractivity contribution < 1.29 is 4.42 Å². The normalized spacial score (nSPS) is 11.6. The van der Waals surface area contributed by atoms with Crippen molar-refractivity contribution in [2.45, 2.75) is 13.3 Å². The molecule has 0 unspecified atom stereocenters. The molecule has 0 fully saturated rings. The number of fused-ring (bicyclic) bond motifs is 4. The van der Waals surface area contributed by atoms with Crippen LogP contribution in [0.25, 0.3) is 27.6 Å². The van der Waals surface area contributed by atoms with Crippen LogP contribution < -0.4 is 11.1 Å². The van der Waals surface area contributed by atoms with E-state index in [2.05, 4.69) is 15.5 Å². The molecule has 27 heavy (non-hydrogen) atoms. The van der Waals surface area contributed by atoms with Gasteiger partial charge in [0.2, 0.25) is 5.95 Å². The highest BCUT2D eigenvalue weighted by Gasteiger charge is 2.15. The van der Waals surface area contributed by atoms with E-state index < -0.39 is 0 Å². The first kappa shape index (κ1) is 15.6. The van der Waals surface area contributed by atoms with Gasteiger partial charge in [0, 0.05) is 30.6 Å². The van der Waals surface area contributed by atoms with Gasteiger partial charge >= 0.3 is 5.76 Å². The van der Waals surface area contributed by atoms with Crippen molar-refractivity contribution in [2.75, 3.05) is 5.32 Å². The minimum absolute atomic E-state index is 0.388. The topological polar surface area (TPSA) is 90.2 Å². The summed E-state index contributed by atoms with van der Waals surface area (Å²) in [5.74, 6) is 1.04. The van der Waals surface area contributed by atoms with Crippen molar-refractivity contribution in [2.24, 2.45) is 7.05 Å². The fourth-order valence-electron chi connectivity index (χ4n) is 3.29. The summed E-state index contributed by atoms with van der Waals surface area (Å²) in [4.78, 5) is 16.5. The number of benzene rings is 2. The number of aromatic nitrogens is 5. The second-order valence-corrected chi connectivity index (χ2v) is 6.32. The molecule has 8 nitrogen and oxygen atoms in total. The number of nitrogens with one attached hydrogen (secondary N) is 1. The summed E-state index contributed by atoms with van der Waals surface area (Å²) in [6.45, 7) is 2.03. The molecule has 0 aliphatic rings. The number of aryl methyl sites for hydroxylation is 2. The van der Waals surface area contributed by atoms with Gasteiger partial charge in [0.05, 0.1) is 11.0 Å². The van der Waals surface area contributed by atoms with Crippen LogP contribution in [0.3, 0.4) is 0 Å². The molecule has 1 N–H and O–H groups in total. The average Bonchev–Trinajstić information content (AvgIpc) is 3.23. The second-order valence-electron chi connectivity index (χ2n) is 6.32. The van der Waals surface area contributed by atoms with E-state index in [-0.39, 0.29) is 5.76 Å². The smallest absolute Gasteiger partial charge is 0.408 e. The Morgan fingerprint density at radius 3 is 2.85 bits per heavy atom. The van der Waals surface area contributed by atoms with Crippen LogP contribution in [-0.4, -0.2) is 24.1 Å². The summed E-state index contributed by atoms with van der Waals surface area (Å²) in [5.41, 5.74) is 3.60. The number of anilines is 2. The molecule has 8 heteroatoms. The van der Waals surface area contributed by atoms with E-state index in [9.17, 15) is 4.79 Å². The first-order valence-electron chi connectivity index (χ1n) is 8.65. The molecule has 0 bridgehead atoms. The van der Waals surface area contributed by atoms with Gasteiger partial charge in [-0.05, 0) is 24.3 Å². The molecule has 2 aromatic carbocycles. The average molecular weight is 360 g/mol. The lowest BCUT2D eigenvalue weighted by Crippen LogP contribution is -2.08. The van der Waals surface area contributed by atoms with Gasteiger partial charge in [-0.1, -0.05) is 19.1 Å². The minimum Gasteiger partial charge on any atom is -0.408 e. The predicted molar refractivity (Wildman–Crippen MR) is 102 cm³/mol. The second kappa shape index (κ2) is 5.66. The third-order valence-electron chi connectivity index (χ3n) is 4.68. The third-order valence-corrected chi connectivity index (χ3v) is 4.68. The number of para-hydroxylation sites is 1. The highest BCUT2D eigenvalue weighted by molar-refractivity contribution is 5.92. The quantitative estimate of drug-likeness (QED) is 0.532. The van der Waals surface area contributed by atoms with Crippen LogP contribution in [0.5, 0.6) is 0 Å². The summed E-state index contributed by atoms with van der Waals surface area (Å²) in [6.07, 6.45) is 0.725. The minimum atomic E-state index is -0.388. The van der Waals surface area contributed by atoms with E-state index in [0.717, 1.165) is 40.0 Å². The fraction of sp³-hybridized carbons (Fsp3) is 0.158. The van der Waals surface area contributed by atoms with Crippen molar-refractivity contribution in [1.82, 2.24) is 24.1 Å². The fourth-order valence-corrected chi connectivity index (χ4v) is 3.29. The first-order valence-corrected chi connectivity index (χ1v) is 8.65. The Morgan fingerprint density at radius 1 is 1.15 bits per heavy atom. The van der Waals surface area contributed by atoms with Crippen molar-refractivity contribution >= 4 is 39.3 Å². The number of oxazole rings is 1. The Labute approximate surface area is 153 Å². The van der Waals surface area contributed by atoms with Crippen LogP contribution in [-0.2, 0) is 13.5 Å². The van der Waals surface area contributed by atoms with Gasteiger partial charge in [0.25, 0.3) is 0 Å². The van der Waals surface area contributed by atoms with Gasteiger partial charge < -0.3 is 9.73 Å². The van der Waals surface area contributed by atoms with Crippen LogP contribution in [0.15, 0.2) is 51.7 Å². The van der Waals surface area contributed by atoms with Gasteiger partial charge in [-0.3, -0.25) is 4.57 Å². The Hall–Kier alpha value is -3.68. The molecule has 0 radical (unpaired) electrons. The van der Waals surface area contributed by atoms with E-state index in [1.165, 1.54) is 4.57 Å². The summed E-state index contributed by atoms with van der Waals surface area (Å²) in [6, 6.07) is 13.3. The number of rotatable bonds is 3. The zero-order valence-corrected chi connectivity index (χ0v) is 14.8. The van der Waals surface area contributed by atoms with Crippen LogP contribution in [0, 0.1) is 0 Å². The number of hydrogen-bond acceptors (Lipinski definition) is 6. The van der Waals surface area contributed by atoms with Crippen molar-refractivity contribution in [1.29, 1.82) is 0 Å². The van der Waals surface area contributed by atoms with Crippen LogP contribution >= 0.6 is 0 Å². The van der Waals surface area contributed by atoms with E-state index in [4.69, 9.17) is 9.40 Å². The van der Waals surface area contributed by atoms with Gasteiger partial charge in [0.15, 0.2) is 11.2 Å². The lowest BCUT2D eigenvalue weighted by molar-refractivity contribution is 0.528. The molecule has 5 aromatic rings. The molecule has 0 amide bonds. The van der Waals surface area contributed by atoms with Crippen LogP contribution in [0.4, 0.5) is 11.6 Å². The van der Waals surface area contributed by atoms with E-state index in [0.29, 0.717) is 11.5 Å². The maximum Gasteiger partial charge on any atom is 0.419 e. The molecule has 0 saturated carbocycles. The highest BCUT2D eigenvalue weighted by atomic mass is 16.4. The summed E-state index contributed by atoms with van der Waals surface area (Å²) in [5, 5.41) is 12.9. The molecule has 3 aromatic heterocycles. The third kappa shape index (κ3) is 2.30. The number of nitrogens with zero attached hydrogens (tertiary/aromatic N) is 5. The zero-order valence-electron chi connectivity index (χ0n) is 14.8. The summed E-state index contributed by atoms with van der Waals surface area (Å²) in [7, 11) is 1.68. The van der Waals surface area contributed by atoms with Crippen molar-refractivity contribution in [3.63, 3.8) is 0 Å². The number of hydrogen-bond donors (Lipinski definition) is 1. The van der Waals surface area contributed by atoms with Crippen molar-refractivity contribution in [3.8, 4) is 0 Å². The van der Waals surface area contributed by atoms with Gasteiger partial charge in [-0.25, -0.2) is 14.2 Å². The Balaban J connectivity index is 1.71. The Bertz CT molecular complexity index is 1380. The SMILES string of the molecule is CCc1nnc2c3ccccc3nc(Nc3ccc4c(c3)oc(=O)n4C)n12. The zero-order chi connectivity index (χ0) is 18.5. The maximum absolute atomic E-state index is 11.7. The lowest BCUT2D eigenvalue weighted by atomic mass is 10.2. The molecule has 3 heterocycles. The molecule has 0 saturated heterocycles. The molecule has 0 atom stereocenters. The lowest BCUT2D eigenvalue weighted by Gasteiger charge is -2.11. The van der Waals surface area contributed by atoms with E-state index in [1.54, 1.807) is 13.1 Å². The molecule has 5 rings (SSSR count). The highest BCUT2D eigenvalue weighted by Crippen LogP contribution is 2.25. The largest absolute Gasteiger partial charge is 0.419 e. The summed E-state index contributed by atoms with van der Waals surface area (Å²) < 4.78 is 8.68. The van der Waals surface area contributed by atoms with Gasteiger partial charge in [-0.15, -0.1) is 10.2 Å². The van der Waals surface area contributed by atoms with E-state index in [1.807, 2.05) is 47.7 Å². The standard InChI is InChI=1S/C19H16N6O2/c1-3-16-22-23-17-12-6-4-5-7-13(12)21-18(25(16)17)20-11-8-9-14-15(10-11)27-19(26)24(14)2/h4-10H,3H2,1-2H3,(H,20,21). The molecule has 0 aliphatic carbocycles. The first-order chi connectivity index (χ1) is 13.2. The van der Waals surface area contributed by atoms with Gasteiger partial charge in [0.1, 0.15) is 5.82 Å². The molecule has 134 valence electrons. The Morgan fingerprint density at radius 2 is 2.00 bits per heavy atom. The summed E-state index contributed by atoms with van der Waals surface area (Å²) >= 11 is 0. The van der Waals surface area contributed by atoms with Crippen LogP contribution in [0.1, 0.15) is 12.7 Å². The Kier molecular flexibility index (Phi) is 3.27. The maximum atomic E-state index is 11.7. The predicted octanol–water partition coefficient (Wildman–Crippen LogP) is 3.03.